The van der Waals surface area contributed by atoms with Crippen LogP contribution < -0.4 is 14.2 Å². The summed E-state index contributed by atoms with van der Waals surface area (Å²) in [7, 11) is 4.48. The zero-order valence-electron chi connectivity index (χ0n) is 21.0. The van der Waals surface area contributed by atoms with Crippen LogP contribution >= 0.6 is 0 Å². The van der Waals surface area contributed by atoms with Gasteiger partial charge in [-0.3, -0.25) is 9.59 Å². The minimum Gasteiger partial charge on any atom is -0.507 e. The van der Waals surface area contributed by atoms with Gasteiger partial charge >= 0.3 is 0 Å². The number of Topliss-reactive ketones (excluding diaryl/α,β-unsaturated/α-hetero) is 1. The second kappa shape index (κ2) is 11.6. The summed E-state index contributed by atoms with van der Waals surface area (Å²) in [6.45, 7) is 0.802. The van der Waals surface area contributed by atoms with Gasteiger partial charge in [0, 0.05) is 13.7 Å². The van der Waals surface area contributed by atoms with Crippen molar-refractivity contribution in [1.82, 2.24) is 4.90 Å². The molecule has 0 spiro atoms. The number of hydrogen-bond acceptors (Lipinski definition) is 7. The van der Waals surface area contributed by atoms with E-state index < -0.39 is 17.7 Å². The van der Waals surface area contributed by atoms with Crippen LogP contribution in [0.4, 0.5) is 0 Å². The van der Waals surface area contributed by atoms with E-state index in [1.165, 1.54) is 26.2 Å². The van der Waals surface area contributed by atoms with Crippen LogP contribution in [0, 0.1) is 0 Å². The van der Waals surface area contributed by atoms with Gasteiger partial charge in [0.1, 0.15) is 29.6 Å². The molecule has 1 fully saturated rings. The van der Waals surface area contributed by atoms with Crippen LogP contribution in [0.5, 0.6) is 17.2 Å². The van der Waals surface area contributed by atoms with Gasteiger partial charge in [-0.05, 0) is 41.5 Å². The largest absolute Gasteiger partial charge is 0.507 e. The minimum atomic E-state index is -0.825. The zero-order valence-corrected chi connectivity index (χ0v) is 21.0. The first kappa shape index (κ1) is 25.8. The van der Waals surface area contributed by atoms with E-state index in [0.717, 1.165) is 5.56 Å². The van der Waals surface area contributed by atoms with E-state index in [0.29, 0.717) is 29.4 Å². The highest BCUT2D eigenvalue weighted by molar-refractivity contribution is 6.46. The minimum absolute atomic E-state index is 0.0365. The highest BCUT2D eigenvalue weighted by Crippen LogP contribution is 2.41. The SMILES string of the molecule is COCCN1C(=O)C(=O)/C(=C(/O)c2cc(OC)ccc2OC)C1c1ccc(OCc2ccccc2)cc1. The lowest BCUT2D eigenvalue weighted by Gasteiger charge is -2.25. The van der Waals surface area contributed by atoms with E-state index >= 15 is 0 Å². The van der Waals surface area contributed by atoms with Gasteiger partial charge < -0.3 is 29.0 Å². The lowest BCUT2D eigenvalue weighted by Crippen LogP contribution is -2.32. The summed E-state index contributed by atoms with van der Waals surface area (Å²) >= 11 is 0. The number of hydrogen-bond donors (Lipinski definition) is 1. The molecule has 0 saturated carbocycles. The Morgan fingerprint density at radius 3 is 2.24 bits per heavy atom. The number of ether oxygens (including phenoxy) is 4. The maximum atomic E-state index is 13.2. The van der Waals surface area contributed by atoms with E-state index in [1.807, 2.05) is 30.3 Å². The van der Waals surface area contributed by atoms with Crippen LogP contribution in [-0.2, 0) is 20.9 Å². The Morgan fingerprint density at radius 1 is 0.892 bits per heavy atom. The molecule has 1 aliphatic rings. The van der Waals surface area contributed by atoms with Crippen molar-refractivity contribution >= 4 is 17.4 Å². The molecular weight excluding hydrogens is 474 g/mol. The first-order valence-electron chi connectivity index (χ1n) is 11.7. The fraction of sp³-hybridized carbons (Fsp3) is 0.241. The van der Waals surface area contributed by atoms with Gasteiger partial charge in [0.15, 0.2) is 0 Å². The molecule has 0 aliphatic carbocycles. The summed E-state index contributed by atoms with van der Waals surface area (Å²) in [5.41, 5.74) is 1.89. The van der Waals surface area contributed by atoms with Crippen LogP contribution in [0.3, 0.4) is 0 Å². The molecular formula is C29H29NO7. The summed E-state index contributed by atoms with van der Waals surface area (Å²) in [5.74, 6) is -0.403. The highest BCUT2D eigenvalue weighted by Gasteiger charge is 2.46. The molecule has 1 N–H and O–H groups in total. The number of benzene rings is 3. The second-order valence-corrected chi connectivity index (χ2v) is 8.39. The molecule has 3 aromatic carbocycles. The van der Waals surface area contributed by atoms with Gasteiger partial charge in [-0.25, -0.2) is 0 Å². The average molecular weight is 504 g/mol. The Bertz CT molecular complexity index is 1290. The molecule has 192 valence electrons. The zero-order chi connectivity index (χ0) is 26.4. The first-order chi connectivity index (χ1) is 18.0. The molecule has 0 radical (unpaired) electrons. The van der Waals surface area contributed by atoms with Crippen LogP contribution in [0.2, 0.25) is 0 Å². The molecule has 1 unspecified atom stereocenters. The van der Waals surface area contributed by atoms with Gasteiger partial charge in [0.25, 0.3) is 11.7 Å². The Balaban J connectivity index is 1.73. The number of ketones is 1. The Morgan fingerprint density at radius 2 is 1.59 bits per heavy atom. The second-order valence-electron chi connectivity index (χ2n) is 8.39. The van der Waals surface area contributed by atoms with Crippen LogP contribution in [0.25, 0.3) is 5.76 Å². The molecule has 1 saturated heterocycles. The number of amides is 1. The number of aliphatic hydroxyl groups is 1. The van der Waals surface area contributed by atoms with E-state index in [-0.39, 0.29) is 30.0 Å². The monoisotopic (exact) mass is 503 g/mol. The number of carbonyl (C=O) groups is 2. The topological polar surface area (TPSA) is 94.5 Å². The molecule has 0 bridgehead atoms. The number of carbonyl (C=O) groups excluding carboxylic acids is 2. The molecule has 1 aliphatic heterocycles. The molecule has 1 atom stereocenters. The average Bonchev–Trinajstić information content (AvgIpc) is 3.19. The Labute approximate surface area is 215 Å². The van der Waals surface area contributed by atoms with Crippen molar-refractivity contribution in [1.29, 1.82) is 0 Å². The third-order valence-electron chi connectivity index (χ3n) is 6.18. The van der Waals surface area contributed by atoms with Crippen molar-refractivity contribution < 1.29 is 33.6 Å². The van der Waals surface area contributed by atoms with Crippen LogP contribution in [0.1, 0.15) is 22.7 Å². The molecule has 0 aromatic heterocycles. The lowest BCUT2D eigenvalue weighted by atomic mass is 9.95. The lowest BCUT2D eigenvalue weighted by molar-refractivity contribution is -0.140. The van der Waals surface area contributed by atoms with Gasteiger partial charge in [0.05, 0.1) is 38.0 Å². The molecule has 8 heteroatoms. The van der Waals surface area contributed by atoms with Crippen molar-refractivity contribution in [2.45, 2.75) is 12.6 Å². The summed E-state index contributed by atoms with van der Waals surface area (Å²) in [5, 5.41) is 11.4. The van der Waals surface area contributed by atoms with E-state index in [1.54, 1.807) is 42.5 Å². The van der Waals surface area contributed by atoms with Gasteiger partial charge in [0.2, 0.25) is 0 Å². The predicted molar refractivity (Wildman–Crippen MR) is 138 cm³/mol. The number of nitrogens with zero attached hydrogens (tertiary/aromatic N) is 1. The maximum Gasteiger partial charge on any atom is 0.295 e. The molecule has 4 rings (SSSR count). The maximum absolute atomic E-state index is 13.2. The summed E-state index contributed by atoms with van der Waals surface area (Å²) < 4.78 is 21.7. The highest BCUT2D eigenvalue weighted by atomic mass is 16.5. The van der Waals surface area contributed by atoms with Gasteiger partial charge in [-0.2, -0.15) is 0 Å². The number of rotatable bonds is 10. The number of aliphatic hydroxyl groups excluding tert-OH is 1. The van der Waals surface area contributed by atoms with Gasteiger partial charge in [-0.1, -0.05) is 42.5 Å². The number of methoxy groups -OCH3 is 3. The Kier molecular flexibility index (Phi) is 8.10. The third-order valence-corrected chi connectivity index (χ3v) is 6.18. The molecule has 37 heavy (non-hydrogen) atoms. The van der Waals surface area contributed by atoms with E-state index in [4.69, 9.17) is 18.9 Å². The van der Waals surface area contributed by atoms with Crippen molar-refractivity contribution in [3.63, 3.8) is 0 Å². The van der Waals surface area contributed by atoms with Gasteiger partial charge in [-0.15, -0.1) is 0 Å². The van der Waals surface area contributed by atoms with Crippen LogP contribution in [-0.4, -0.2) is 56.2 Å². The predicted octanol–water partition coefficient (Wildman–Crippen LogP) is 4.35. The summed E-state index contributed by atoms with van der Waals surface area (Å²) in [6.07, 6.45) is 0. The van der Waals surface area contributed by atoms with Crippen molar-refractivity contribution in [3.05, 3.63) is 95.1 Å². The summed E-state index contributed by atoms with van der Waals surface area (Å²) in [6, 6.07) is 21.0. The third kappa shape index (κ3) is 5.44. The molecule has 3 aromatic rings. The number of likely N-dealkylation sites (tertiary alicyclic amines) is 1. The molecule has 8 nitrogen and oxygen atoms in total. The molecule has 1 amide bonds. The van der Waals surface area contributed by atoms with E-state index in [9.17, 15) is 14.7 Å². The smallest absolute Gasteiger partial charge is 0.295 e. The van der Waals surface area contributed by atoms with Crippen molar-refractivity contribution in [2.75, 3.05) is 34.5 Å². The normalized spacial score (nSPS) is 16.6. The van der Waals surface area contributed by atoms with Crippen molar-refractivity contribution in [2.24, 2.45) is 0 Å². The van der Waals surface area contributed by atoms with Crippen LogP contribution in [0.15, 0.2) is 78.4 Å². The standard InChI is InChI=1S/C29H29NO7/c1-34-16-15-30-26(20-9-11-21(12-10-20)37-18-19-7-5-4-6-8-19)25(28(32)29(30)33)27(31)23-17-22(35-2)13-14-24(23)36-3/h4-14,17,26,31H,15-16,18H2,1-3H3/b27-25+. The Hall–Kier alpha value is -4.30. The van der Waals surface area contributed by atoms with Crippen molar-refractivity contribution in [3.8, 4) is 17.2 Å². The fourth-order valence-electron chi connectivity index (χ4n) is 4.28. The first-order valence-corrected chi connectivity index (χ1v) is 11.7. The fourth-order valence-corrected chi connectivity index (χ4v) is 4.28. The van der Waals surface area contributed by atoms with E-state index in [2.05, 4.69) is 0 Å². The quantitative estimate of drug-likeness (QED) is 0.250. The summed E-state index contributed by atoms with van der Waals surface area (Å²) in [4.78, 5) is 27.7. The molecule has 1 heterocycles.